The fourth-order valence-electron chi connectivity index (χ4n) is 4.00. The van der Waals surface area contributed by atoms with Crippen molar-refractivity contribution in [1.82, 2.24) is 14.8 Å². The zero-order chi connectivity index (χ0) is 23.3. The highest BCUT2D eigenvalue weighted by Gasteiger charge is 2.25. The average molecular weight is 481 g/mol. The molecular formula is C24H34Cl2N4O2. The van der Waals surface area contributed by atoms with E-state index in [1.54, 1.807) is 4.90 Å². The van der Waals surface area contributed by atoms with Gasteiger partial charge < -0.3 is 14.2 Å². The number of anilines is 1. The predicted molar refractivity (Wildman–Crippen MR) is 131 cm³/mol. The normalized spacial score (nSPS) is 14.9. The second kappa shape index (κ2) is 11.4. The Kier molecular flexibility index (Phi) is 8.86. The van der Waals surface area contributed by atoms with Gasteiger partial charge in [-0.2, -0.15) is 0 Å². The Balaban J connectivity index is 1.48. The van der Waals surface area contributed by atoms with E-state index in [4.69, 9.17) is 27.6 Å². The van der Waals surface area contributed by atoms with Gasteiger partial charge in [-0.1, -0.05) is 50.0 Å². The van der Waals surface area contributed by atoms with Gasteiger partial charge in [0.15, 0.2) is 5.89 Å². The summed E-state index contributed by atoms with van der Waals surface area (Å²) < 4.78 is 5.83. The monoisotopic (exact) mass is 480 g/mol. The molecule has 1 amide bonds. The Morgan fingerprint density at radius 2 is 1.94 bits per heavy atom. The first-order valence-electron chi connectivity index (χ1n) is 11.5. The molecule has 0 bridgehead atoms. The SMILES string of the molecule is CCCc1nc(C(C)C)c(C(=O)N(C)CCCN2CCN(c3cccc(Cl)c3Cl)CC2)o1. The van der Waals surface area contributed by atoms with Gasteiger partial charge in [0.2, 0.25) is 5.76 Å². The molecule has 1 saturated heterocycles. The van der Waals surface area contributed by atoms with Crippen molar-refractivity contribution in [2.45, 2.75) is 46.0 Å². The Morgan fingerprint density at radius 1 is 1.22 bits per heavy atom. The van der Waals surface area contributed by atoms with Crippen molar-refractivity contribution < 1.29 is 9.21 Å². The maximum Gasteiger partial charge on any atom is 0.291 e. The zero-order valence-electron chi connectivity index (χ0n) is 19.5. The van der Waals surface area contributed by atoms with Gasteiger partial charge >= 0.3 is 0 Å². The molecular weight excluding hydrogens is 447 g/mol. The number of halogens is 2. The molecule has 2 heterocycles. The Bertz CT molecular complexity index is 907. The number of amides is 1. The number of carbonyl (C=O) groups is 1. The minimum Gasteiger partial charge on any atom is -0.435 e. The summed E-state index contributed by atoms with van der Waals surface area (Å²) >= 11 is 12.5. The predicted octanol–water partition coefficient (Wildman–Crippen LogP) is 5.34. The van der Waals surface area contributed by atoms with E-state index in [0.29, 0.717) is 28.2 Å². The van der Waals surface area contributed by atoms with Gasteiger partial charge in [-0.25, -0.2) is 4.98 Å². The molecule has 0 saturated carbocycles. The van der Waals surface area contributed by atoms with E-state index < -0.39 is 0 Å². The highest BCUT2D eigenvalue weighted by atomic mass is 35.5. The molecule has 0 atom stereocenters. The summed E-state index contributed by atoms with van der Waals surface area (Å²) in [6, 6.07) is 5.77. The number of piperazine rings is 1. The maximum atomic E-state index is 13.0. The summed E-state index contributed by atoms with van der Waals surface area (Å²) in [5, 5.41) is 1.21. The van der Waals surface area contributed by atoms with Crippen LogP contribution in [0.15, 0.2) is 22.6 Å². The third kappa shape index (κ3) is 5.97. The van der Waals surface area contributed by atoms with E-state index in [1.165, 1.54) is 0 Å². The third-order valence-corrected chi connectivity index (χ3v) is 6.67. The van der Waals surface area contributed by atoms with Crippen molar-refractivity contribution >= 4 is 34.8 Å². The van der Waals surface area contributed by atoms with Gasteiger partial charge in [0.05, 0.1) is 21.4 Å². The molecule has 0 spiro atoms. The van der Waals surface area contributed by atoms with Crippen LogP contribution in [0.1, 0.15) is 61.7 Å². The number of hydrogen-bond acceptors (Lipinski definition) is 5. The molecule has 0 radical (unpaired) electrons. The third-order valence-electron chi connectivity index (χ3n) is 5.86. The number of oxazole rings is 1. The van der Waals surface area contributed by atoms with Crippen molar-refractivity contribution in [2.24, 2.45) is 0 Å². The van der Waals surface area contributed by atoms with E-state index in [1.807, 2.05) is 39.1 Å². The Labute approximate surface area is 201 Å². The number of aryl methyl sites for hydroxylation is 1. The molecule has 0 unspecified atom stereocenters. The lowest BCUT2D eigenvalue weighted by Crippen LogP contribution is -2.47. The molecule has 1 fully saturated rings. The van der Waals surface area contributed by atoms with Crippen LogP contribution < -0.4 is 4.90 Å². The molecule has 1 aromatic carbocycles. The molecule has 176 valence electrons. The fraction of sp³-hybridized carbons (Fsp3) is 0.583. The van der Waals surface area contributed by atoms with Crippen LogP contribution in [-0.4, -0.2) is 67.0 Å². The van der Waals surface area contributed by atoms with Crippen LogP contribution in [0, 0.1) is 0 Å². The second-order valence-electron chi connectivity index (χ2n) is 8.71. The van der Waals surface area contributed by atoms with E-state index in [-0.39, 0.29) is 11.8 Å². The lowest BCUT2D eigenvalue weighted by atomic mass is 10.1. The van der Waals surface area contributed by atoms with E-state index in [2.05, 4.69) is 21.7 Å². The highest BCUT2D eigenvalue weighted by molar-refractivity contribution is 6.43. The fourth-order valence-corrected chi connectivity index (χ4v) is 4.41. The molecule has 6 nitrogen and oxygen atoms in total. The van der Waals surface area contributed by atoms with Crippen molar-refractivity contribution in [2.75, 3.05) is 51.2 Å². The molecule has 0 N–H and O–H groups in total. The summed E-state index contributed by atoms with van der Waals surface area (Å²) in [4.78, 5) is 24.0. The van der Waals surface area contributed by atoms with Crippen molar-refractivity contribution in [3.63, 3.8) is 0 Å². The van der Waals surface area contributed by atoms with Gasteiger partial charge in [-0.3, -0.25) is 9.69 Å². The van der Waals surface area contributed by atoms with Gasteiger partial charge in [0.1, 0.15) is 0 Å². The summed E-state index contributed by atoms with van der Waals surface area (Å²) in [6.45, 7) is 11.5. The molecule has 1 aliphatic heterocycles. The number of rotatable bonds is 9. The summed E-state index contributed by atoms with van der Waals surface area (Å²) in [6.07, 6.45) is 2.61. The minimum atomic E-state index is -0.0797. The number of nitrogens with zero attached hydrogens (tertiary/aromatic N) is 4. The standard InChI is InChI=1S/C24H34Cl2N4O2/c1-5-8-20-27-22(17(2)3)23(32-20)24(31)28(4)11-7-12-29-13-15-30(16-14-29)19-10-6-9-18(25)21(19)26/h6,9-10,17H,5,7-8,11-16H2,1-4H3. The molecule has 2 aromatic rings. The molecule has 1 aromatic heterocycles. The van der Waals surface area contributed by atoms with Crippen LogP contribution in [0.5, 0.6) is 0 Å². The number of benzene rings is 1. The van der Waals surface area contributed by atoms with Crippen molar-refractivity contribution in [3.05, 3.63) is 45.6 Å². The molecule has 8 heteroatoms. The lowest BCUT2D eigenvalue weighted by Gasteiger charge is -2.36. The van der Waals surface area contributed by atoms with E-state index in [0.717, 1.165) is 63.4 Å². The topological polar surface area (TPSA) is 52.8 Å². The van der Waals surface area contributed by atoms with Crippen LogP contribution in [0.3, 0.4) is 0 Å². The molecule has 0 aliphatic carbocycles. The van der Waals surface area contributed by atoms with Gasteiger partial charge in [-0.05, 0) is 37.4 Å². The maximum absolute atomic E-state index is 13.0. The number of carbonyl (C=O) groups excluding carboxylic acids is 1. The second-order valence-corrected chi connectivity index (χ2v) is 9.49. The Hall–Kier alpha value is -1.76. The summed E-state index contributed by atoms with van der Waals surface area (Å²) in [5.41, 5.74) is 1.76. The first kappa shape index (κ1) is 24.9. The van der Waals surface area contributed by atoms with Crippen LogP contribution in [-0.2, 0) is 6.42 Å². The highest BCUT2D eigenvalue weighted by Crippen LogP contribution is 2.32. The first-order chi connectivity index (χ1) is 15.3. The lowest BCUT2D eigenvalue weighted by molar-refractivity contribution is 0.0752. The largest absolute Gasteiger partial charge is 0.435 e. The van der Waals surface area contributed by atoms with Gasteiger partial charge in [0, 0.05) is 46.2 Å². The van der Waals surface area contributed by atoms with Gasteiger partial charge in [-0.15, -0.1) is 0 Å². The van der Waals surface area contributed by atoms with Crippen molar-refractivity contribution in [1.29, 1.82) is 0 Å². The van der Waals surface area contributed by atoms with Crippen LogP contribution in [0.4, 0.5) is 5.69 Å². The molecule has 1 aliphatic rings. The van der Waals surface area contributed by atoms with Crippen LogP contribution in [0.25, 0.3) is 0 Å². The number of hydrogen-bond donors (Lipinski definition) is 0. The smallest absolute Gasteiger partial charge is 0.291 e. The Morgan fingerprint density at radius 3 is 2.59 bits per heavy atom. The average Bonchev–Trinajstić information content (AvgIpc) is 3.20. The zero-order valence-corrected chi connectivity index (χ0v) is 21.0. The van der Waals surface area contributed by atoms with Gasteiger partial charge in [0.25, 0.3) is 5.91 Å². The van der Waals surface area contributed by atoms with E-state index in [9.17, 15) is 4.79 Å². The quantitative estimate of drug-likeness (QED) is 0.484. The summed E-state index contributed by atoms with van der Waals surface area (Å²) in [7, 11) is 1.84. The van der Waals surface area contributed by atoms with E-state index >= 15 is 0 Å². The van der Waals surface area contributed by atoms with Crippen molar-refractivity contribution in [3.8, 4) is 0 Å². The van der Waals surface area contributed by atoms with Crippen LogP contribution >= 0.6 is 23.2 Å². The minimum absolute atomic E-state index is 0.0797. The summed E-state index contributed by atoms with van der Waals surface area (Å²) in [5.74, 6) is 1.13. The molecule has 32 heavy (non-hydrogen) atoms. The number of aromatic nitrogens is 1. The first-order valence-corrected chi connectivity index (χ1v) is 12.2. The molecule has 3 rings (SSSR count). The van der Waals surface area contributed by atoms with Crippen LogP contribution in [0.2, 0.25) is 10.0 Å².